The summed E-state index contributed by atoms with van der Waals surface area (Å²) < 4.78 is 27.4. The maximum Gasteiger partial charge on any atom is 0.256 e. The molecule has 7 nitrogen and oxygen atoms in total. The van der Waals surface area contributed by atoms with Gasteiger partial charge in [0.2, 0.25) is 0 Å². The van der Waals surface area contributed by atoms with Gasteiger partial charge < -0.3 is 10.2 Å². The minimum atomic E-state index is -3.52. The molecule has 0 radical (unpaired) electrons. The molecule has 0 aliphatic carbocycles. The van der Waals surface area contributed by atoms with Crippen molar-refractivity contribution in [3.05, 3.63) is 51.3 Å². The fourth-order valence-electron chi connectivity index (χ4n) is 2.91. The molecule has 2 aromatic heterocycles. The highest BCUT2D eigenvalue weighted by Crippen LogP contribution is 2.29. The van der Waals surface area contributed by atoms with Crippen LogP contribution in [0.2, 0.25) is 0 Å². The van der Waals surface area contributed by atoms with Gasteiger partial charge in [0, 0.05) is 29.5 Å². The third kappa shape index (κ3) is 4.08. The minimum Gasteiger partial charge on any atom is -0.352 e. The van der Waals surface area contributed by atoms with E-state index in [1.165, 1.54) is 0 Å². The second-order valence-corrected chi connectivity index (χ2v) is 10.3. The number of aromatic nitrogens is 1. The zero-order chi connectivity index (χ0) is 19.7. The molecule has 0 saturated carbocycles. The Kier molecular flexibility index (Phi) is 5.17. The highest BCUT2D eigenvalue weighted by Gasteiger charge is 2.29. The van der Waals surface area contributed by atoms with Crippen molar-refractivity contribution in [2.45, 2.75) is 13.3 Å². The Hall–Kier alpha value is -2.30. The molecule has 0 spiro atoms. The van der Waals surface area contributed by atoms with Gasteiger partial charge in [0.05, 0.1) is 26.9 Å². The molecule has 0 unspecified atom stereocenters. The summed E-state index contributed by atoms with van der Waals surface area (Å²) in [6, 6.07) is 4.09. The quantitative estimate of drug-likeness (QED) is 0.780. The molecule has 4 rings (SSSR count). The number of thiazole rings is 1. The van der Waals surface area contributed by atoms with Crippen LogP contribution in [0, 0.1) is 6.92 Å². The summed E-state index contributed by atoms with van der Waals surface area (Å²) in [5.41, 5.74) is 1.26. The van der Waals surface area contributed by atoms with E-state index in [0.29, 0.717) is 19.5 Å². The fraction of sp³-hybridized carbons (Fsp3) is 0.278. The molecule has 0 bridgehead atoms. The van der Waals surface area contributed by atoms with E-state index in [1.807, 2.05) is 24.4 Å². The molecule has 28 heavy (non-hydrogen) atoms. The Balaban J connectivity index is 1.38. The Labute approximate surface area is 171 Å². The predicted molar refractivity (Wildman–Crippen MR) is 112 cm³/mol. The Bertz CT molecular complexity index is 1110. The number of aryl methyl sites for hydroxylation is 1. The van der Waals surface area contributed by atoms with E-state index in [0.717, 1.165) is 20.5 Å². The largest absolute Gasteiger partial charge is 0.352 e. The summed E-state index contributed by atoms with van der Waals surface area (Å²) >= 11 is 3.28. The van der Waals surface area contributed by atoms with Crippen molar-refractivity contribution in [1.29, 1.82) is 0 Å². The number of carbonyl (C=O) groups excluding carboxylic acids is 1. The van der Waals surface area contributed by atoms with Crippen molar-refractivity contribution in [2.75, 3.05) is 18.8 Å². The summed E-state index contributed by atoms with van der Waals surface area (Å²) in [7, 11) is -3.52. The number of fused-ring (bicyclic) bond motifs is 1. The van der Waals surface area contributed by atoms with E-state index < -0.39 is 10.0 Å². The minimum absolute atomic E-state index is 0.0467. The Morgan fingerprint density at radius 3 is 3.00 bits per heavy atom. The summed E-state index contributed by atoms with van der Waals surface area (Å²) in [6.07, 6.45) is 5.75. The van der Waals surface area contributed by atoms with Gasteiger partial charge in [-0.3, -0.25) is 4.79 Å². The SMILES string of the molecule is Cc1nc(-c2ccc(CCNC(=O)C3=CC=CN4CCS(=O)(=O)N=C34)s2)cs1. The number of hydrogen-bond acceptors (Lipinski definition) is 7. The van der Waals surface area contributed by atoms with Crippen LogP contribution in [0.4, 0.5) is 0 Å². The number of carbonyl (C=O) groups is 1. The van der Waals surface area contributed by atoms with Crippen LogP contribution in [-0.2, 0) is 21.2 Å². The van der Waals surface area contributed by atoms with Gasteiger partial charge in [0.15, 0.2) is 5.84 Å². The first-order valence-electron chi connectivity index (χ1n) is 8.69. The lowest BCUT2D eigenvalue weighted by Gasteiger charge is -2.28. The number of rotatable bonds is 5. The molecule has 0 aromatic carbocycles. The number of amides is 1. The lowest BCUT2D eigenvalue weighted by atomic mass is 10.1. The van der Waals surface area contributed by atoms with Crippen LogP contribution in [0.5, 0.6) is 0 Å². The third-order valence-electron chi connectivity index (χ3n) is 4.29. The van der Waals surface area contributed by atoms with Gasteiger partial charge >= 0.3 is 0 Å². The van der Waals surface area contributed by atoms with Gasteiger partial charge in [-0.25, -0.2) is 13.4 Å². The van der Waals surface area contributed by atoms with Crippen LogP contribution < -0.4 is 5.32 Å². The number of allylic oxidation sites excluding steroid dienone is 2. The van der Waals surface area contributed by atoms with E-state index in [2.05, 4.69) is 14.7 Å². The molecule has 1 N–H and O–H groups in total. The average molecular weight is 435 g/mol. The molecule has 146 valence electrons. The number of nitrogens with one attached hydrogen (secondary N) is 1. The van der Waals surface area contributed by atoms with Gasteiger partial charge in [-0.05, 0) is 37.6 Å². The van der Waals surface area contributed by atoms with Gasteiger partial charge in [-0.2, -0.15) is 0 Å². The van der Waals surface area contributed by atoms with Crippen molar-refractivity contribution in [1.82, 2.24) is 15.2 Å². The van der Waals surface area contributed by atoms with Crippen molar-refractivity contribution in [2.24, 2.45) is 4.40 Å². The van der Waals surface area contributed by atoms with E-state index in [1.54, 1.807) is 45.9 Å². The third-order valence-corrected chi connectivity index (χ3v) is 7.38. The first kappa shape index (κ1) is 19.0. The van der Waals surface area contributed by atoms with E-state index in [4.69, 9.17) is 0 Å². The highest BCUT2D eigenvalue weighted by atomic mass is 32.2. The molecule has 1 amide bonds. The molecular formula is C18H18N4O3S3. The highest BCUT2D eigenvalue weighted by molar-refractivity contribution is 7.90. The van der Waals surface area contributed by atoms with Crippen molar-refractivity contribution in [3.63, 3.8) is 0 Å². The van der Waals surface area contributed by atoms with E-state index in [9.17, 15) is 13.2 Å². The van der Waals surface area contributed by atoms with Gasteiger partial charge in [-0.1, -0.05) is 0 Å². The lowest BCUT2D eigenvalue weighted by Crippen LogP contribution is -2.42. The number of hydrogen-bond donors (Lipinski definition) is 1. The standard InChI is InChI=1S/C18H18N4O3S3/c1-12-20-15(11-26-12)16-5-4-13(27-16)6-7-19-18(23)14-3-2-8-22-9-10-28(24,25)21-17(14)22/h2-5,8,11H,6-7,9-10H2,1H3,(H,19,23). The topological polar surface area (TPSA) is 91.7 Å². The summed E-state index contributed by atoms with van der Waals surface area (Å²) in [6.45, 7) is 2.74. The first-order valence-corrected chi connectivity index (χ1v) is 12.0. The summed E-state index contributed by atoms with van der Waals surface area (Å²) in [5.74, 6) is -0.171. The number of thiophene rings is 1. The summed E-state index contributed by atoms with van der Waals surface area (Å²) in [4.78, 5) is 21.0. The first-order chi connectivity index (χ1) is 13.4. The second-order valence-electron chi connectivity index (χ2n) is 6.34. The van der Waals surface area contributed by atoms with Crippen molar-refractivity contribution >= 4 is 44.4 Å². The number of sulfonamides is 1. The zero-order valence-corrected chi connectivity index (χ0v) is 17.5. The van der Waals surface area contributed by atoms with Gasteiger partial charge in [0.1, 0.15) is 0 Å². The van der Waals surface area contributed by atoms with Gasteiger partial charge in [-0.15, -0.1) is 27.1 Å². The van der Waals surface area contributed by atoms with Crippen LogP contribution in [-0.4, -0.2) is 48.9 Å². The molecular weight excluding hydrogens is 416 g/mol. The molecule has 0 atom stereocenters. The predicted octanol–water partition coefficient (Wildman–Crippen LogP) is 2.34. The fourth-order valence-corrected chi connectivity index (χ4v) is 5.56. The number of nitrogens with zero attached hydrogens (tertiary/aromatic N) is 3. The number of amidine groups is 1. The Morgan fingerprint density at radius 1 is 1.36 bits per heavy atom. The zero-order valence-electron chi connectivity index (χ0n) is 15.1. The van der Waals surface area contributed by atoms with Crippen molar-refractivity contribution < 1.29 is 13.2 Å². The summed E-state index contributed by atoms with van der Waals surface area (Å²) in [5, 5.41) is 5.94. The molecule has 4 heterocycles. The molecule has 2 aliphatic rings. The van der Waals surface area contributed by atoms with Crippen LogP contribution in [0.1, 0.15) is 9.88 Å². The normalized spacial score (nSPS) is 17.7. The molecule has 0 fully saturated rings. The Morgan fingerprint density at radius 2 is 2.21 bits per heavy atom. The van der Waals surface area contributed by atoms with Crippen LogP contribution in [0.25, 0.3) is 10.6 Å². The molecule has 2 aliphatic heterocycles. The maximum atomic E-state index is 12.6. The second kappa shape index (κ2) is 7.61. The van der Waals surface area contributed by atoms with E-state index >= 15 is 0 Å². The smallest absolute Gasteiger partial charge is 0.256 e. The lowest BCUT2D eigenvalue weighted by molar-refractivity contribution is -0.117. The van der Waals surface area contributed by atoms with Crippen LogP contribution in [0.3, 0.4) is 0 Å². The average Bonchev–Trinajstić information content (AvgIpc) is 3.29. The molecule has 10 heteroatoms. The molecule has 2 aromatic rings. The monoisotopic (exact) mass is 434 g/mol. The van der Waals surface area contributed by atoms with Gasteiger partial charge in [0.25, 0.3) is 15.9 Å². The van der Waals surface area contributed by atoms with Crippen LogP contribution >= 0.6 is 22.7 Å². The van der Waals surface area contributed by atoms with Crippen LogP contribution in [0.15, 0.2) is 45.8 Å². The van der Waals surface area contributed by atoms with E-state index in [-0.39, 0.29) is 23.1 Å². The molecule has 0 saturated heterocycles. The van der Waals surface area contributed by atoms with Crippen molar-refractivity contribution in [3.8, 4) is 10.6 Å². The maximum absolute atomic E-state index is 12.6.